The molecule has 4 N–H and O–H groups in total. The van der Waals surface area contributed by atoms with Crippen molar-refractivity contribution in [3.05, 3.63) is 92.5 Å². The van der Waals surface area contributed by atoms with Gasteiger partial charge in [0.2, 0.25) is 0 Å². The molecule has 6 rings (SSSR count). The van der Waals surface area contributed by atoms with E-state index < -0.39 is 24.3 Å². The Hall–Kier alpha value is -4.93. The van der Waals surface area contributed by atoms with Crippen LogP contribution in [0, 0.1) is 13.8 Å². The van der Waals surface area contributed by atoms with Crippen molar-refractivity contribution >= 4 is 46.9 Å². The van der Waals surface area contributed by atoms with Crippen molar-refractivity contribution in [3.8, 4) is 17.2 Å². The van der Waals surface area contributed by atoms with Gasteiger partial charge in [-0.1, -0.05) is 47.5 Å². The number of amides is 3. The molecule has 360 valence electrons. The zero-order valence-corrected chi connectivity index (χ0v) is 38.6. The van der Waals surface area contributed by atoms with Crippen molar-refractivity contribution < 1.29 is 68.6 Å². The van der Waals surface area contributed by atoms with Crippen LogP contribution in [0.2, 0.25) is 10.0 Å². The van der Waals surface area contributed by atoms with Crippen LogP contribution in [0.25, 0.3) is 5.57 Å². The molecule has 2 bridgehead atoms. The summed E-state index contributed by atoms with van der Waals surface area (Å²) >= 11 is 12.7. The van der Waals surface area contributed by atoms with Crippen molar-refractivity contribution in [1.29, 1.82) is 0 Å². The molecular formula is C45H57Cl2N5O14. The molecule has 3 amide bonds. The van der Waals surface area contributed by atoms with Gasteiger partial charge in [0, 0.05) is 31.2 Å². The Morgan fingerprint density at radius 2 is 1.35 bits per heavy atom. The highest BCUT2D eigenvalue weighted by atomic mass is 35.5. The molecule has 2 heterocycles. The first-order chi connectivity index (χ1) is 31.7. The molecule has 66 heavy (non-hydrogen) atoms. The van der Waals surface area contributed by atoms with E-state index >= 15 is 4.79 Å². The number of carbonyl (C=O) groups is 3. The van der Waals surface area contributed by atoms with Gasteiger partial charge in [0.05, 0.1) is 66.4 Å². The predicted octanol–water partition coefficient (Wildman–Crippen LogP) is 7.64. The molecule has 2 unspecified atom stereocenters. The van der Waals surface area contributed by atoms with E-state index in [9.17, 15) is 9.59 Å². The number of hydrogen-bond donors (Lipinski definition) is 4. The Balaban J connectivity index is 1.29. The normalized spacial score (nSPS) is 17.0. The highest BCUT2D eigenvalue weighted by molar-refractivity contribution is 6.37. The van der Waals surface area contributed by atoms with E-state index in [-0.39, 0.29) is 81.9 Å². The summed E-state index contributed by atoms with van der Waals surface area (Å²) in [6, 6.07) is 15.0. The van der Waals surface area contributed by atoms with Crippen LogP contribution in [-0.4, -0.2) is 142 Å². The Kier molecular flexibility index (Phi) is 18.5. The van der Waals surface area contributed by atoms with Crippen LogP contribution < -0.4 is 14.2 Å². The summed E-state index contributed by atoms with van der Waals surface area (Å²) in [5, 5.41) is 35.3. The molecule has 3 aromatic carbocycles. The minimum Gasteiger partial charge on any atom is -0.496 e. The van der Waals surface area contributed by atoms with Gasteiger partial charge in [-0.2, -0.15) is 0 Å². The maximum Gasteiger partial charge on any atom is 0.410 e. The quantitative estimate of drug-likeness (QED) is 0.0531. The lowest BCUT2D eigenvalue weighted by atomic mass is 9.81. The van der Waals surface area contributed by atoms with Gasteiger partial charge in [-0.15, -0.1) is 0 Å². The first-order valence-electron chi connectivity index (χ1n) is 21.7. The summed E-state index contributed by atoms with van der Waals surface area (Å²) in [4.78, 5) is 57.4. The summed E-state index contributed by atoms with van der Waals surface area (Å²) in [6.07, 6.45) is 1.91. The van der Waals surface area contributed by atoms with Crippen LogP contribution in [0.3, 0.4) is 0 Å². The van der Waals surface area contributed by atoms with Gasteiger partial charge in [-0.05, 0) is 117 Å². The first kappa shape index (κ1) is 50.5. The van der Waals surface area contributed by atoms with Crippen LogP contribution in [0.5, 0.6) is 17.2 Å². The number of rotatable bonds is 23. The third kappa shape index (κ3) is 13.8. The number of benzene rings is 3. The van der Waals surface area contributed by atoms with E-state index in [0.717, 1.165) is 46.4 Å². The largest absolute Gasteiger partial charge is 0.496 e. The molecule has 2 aliphatic heterocycles. The fraction of sp³-hybridized carbons (Fsp3) is 0.489. The summed E-state index contributed by atoms with van der Waals surface area (Å²) in [7, 11) is 1.60. The summed E-state index contributed by atoms with van der Waals surface area (Å²) in [6.45, 7) is 4.43. The van der Waals surface area contributed by atoms with Crippen molar-refractivity contribution in [3.63, 3.8) is 0 Å². The van der Waals surface area contributed by atoms with E-state index in [1.54, 1.807) is 36.3 Å². The molecule has 21 heteroatoms. The molecule has 2 fully saturated rings. The maximum absolute atomic E-state index is 15.4. The van der Waals surface area contributed by atoms with Crippen LogP contribution >= 0.6 is 23.2 Å². The van der Waals surface area contributed by atoms with E-state index in [1.165, 1.54) is 4.90 Å². The molecule has 2 atom stereocenters. The van der Waals surface area contributed by atoms with E-state index in [4.69, 9.17) is 67.7 Å². The zero-order valence-electron chi connectivity index (χ0n) is 37.1. The number of unbranched alkanes of at least 4 members (excludes halogenated alkanes) is 2. The lowest BCUT2D eigenvalue weighted by Crippen LogP contribution is -2.65. The Labute approximate surface area is 392 Å². The average molecular weight is 963 g/mol. The molecule has 0 spiro atoms. The Morgan fingerprint density at radius 3 is 1.94 bits per heavy atom. The molecular weight excluding hydrogens is 905 g/mol. The second-order valence-electron chi connectivity index (χ2n) is 16.1. The van der Waals surface area contributed by atoms with E-state index in [0.29, 0.717) is 59.3 Å². The number of hydrogen-bond acceptors (Lipinski definition) is 16. The van der Waals surface area contributed by atoms with Crippen molar-refractivity contribution in [2.75, 3.05) is 59.8 Å². The van der Waals surface area contributed by atoms with Crippen LogP contribution in [0.1, 0.15) is 67.2 Å². The molecule has 3 aromatic rings. The van der Waals surface area contributed by atoms with Gasteiger partial charge >= 0.3 is 12.2 Å². The third-order valence-corrected chi connectivity index (χ3v) is 11.9. The monoisotopic (exact) mass is 961 g/mol. The molecule has 1 saturated carbocycles. The van der Waals surface area contributed by atoms with Gasteiger partial charge in [-0.3, -0.25) is 40.2 Å². The number of aryl methyl sites for hydroxylation is 2. The molecule has 1 aliphatic carbocycles. The van der Waals surface area contributed by atoms with Crippen molar-refractivity contribution in [2.24, 2.45) is 0 Å². The number of methoxy groups -OCH3 is 1. The smallest absolute Gasteiger partial charge is 0.410 e. The lowest BCUT2D eigenvalue weighted by Gasteiger charge is -2.50. The van der Waals surface area contributed by atoms with E-state index in [2.05, 4.69) is 9.68 Å². The summed E-state index contributed by atoms with van der Waals surface area (Å²) < 4.78 is 28.7. The number of carbonyl (C=O) groups excluding carboxylic acids is 3. The second-order valence-corrected chi connectivity index (χ2v) is 17.0. The number of piperazine rings is 1. The Bertz CT molecular complexity index is 2140. The van der Waals surface area contributed by atoms with Crippen molar-refractivity contribution in [1.82, 2.24) is 25.5 Å². The third-order valence-electron chi connectivity index (χ3n) is 11.3. The van der Waals surface area contributed by atoms with Gasteiger partial charge in [0.25, 0.3) is 5.91 Å². The standard InChI is InChI=1S/C45H57Cl2N5O14/c1-29-22-37(46)42(38(47)23-29)62-21-20-61-35-13-9-32(10-14-35)36-25-34-27-48(44(54)63-16-4-6-18-65-51(56)57)28-39(50(34)45(55)64-17-5-7-19-66-52(58)59)41(36)43(53)49(33-11-12-33)26-31-8-15-40(60-3)30(2)24-31/h8-10,13-15,22-24,33-34,39,56-59H,4-7,11-12,16-21,25-28H2,1-3H3. The van der Waals surface area contributed by atoms with Crippen LogP contribution in [-0.2, 0) is 30.5 Å². The average Bonchev–Trinajstić information content (AvgIpc) is 4.12. The number of halogens is 2. The predicted molar refractivity (Wildman–Crippen MR) is 236 cm³/mol. The maximum atomic E-state index is 15.4. The Morgan fingerprint density at radius 1 is 0.742 bits per heavy atom. The number of fused-ring (bicyclic) bond motifs is 2. The summed E-state index contributed by atoms with van der Waals surface area (Å²) in [5.41, 5.74) is 4.53. The zero-order chi connectivity index (χ0) is 47.3. The second kappa shape index (κ2) is 24.2. The van der Waals surface area contributed by atoms with Gasteiger partial charge in [0.1, 0.15) is 24.7 Å². The van der Waals surface area contributed by atoms with Crippen LogP contribution in [0.4, 0.5) is 9.59 Å². The summed E-state index contributed by atoms with van der Waals surface area (Å²) in [5.74, 6) is 1.37. The topological polar surface area (TPSA) is 213 Å². The number of nitrogens with zero attached hydrogens (tertiary/aromatic N) is 5. The van der Waals surface area contributed by atoms with Gasteiger partial charge in [-0.25, -0.2) is 9.59 Å². The number of ether oxygens (including phenoxy) is 5. The molecule has 3 aliphatic rings. The molecule has 1 saturated heterocycles. The SMILES string of the molecule is COc1ccc(CN(C(=O)C2=C(c3ccc(OCCOc4c(Cl)cc(C)cc4Cl)cc3)CC3CN(C(=O)OCCCCON(O)O)CC2N3C(=O)OCCCCON(O)O)C2CC2)cc1C. The highest BCUT2D eigenvalue weighted by Gasteiger charge is 2.50. The highest BCUT2D eigenvalue weighted by Crippen LogP contribution is 2.42. The van der Waals surface area contributed by atoms with Crippen molar-refractivity contribution in [2.45, 2.75) is 83.5 Å². The van der Waals surface area contributed by atoms with E-state index in [1.807, 2.05) is 49.1 Å². The molecule has 19 nitrogen and oxygen atoms in total. The lowest BCUT2D eigenvalue weighted by molar-refractivity contribution is -0.492. The van der Waals surface area contributed by atoms with Gasteiger partial charge in [0.15, 0.2) is 5.75 Å². The first-order valence-corrected chi connectivity index (χ1v) is 22.5. The minimum absolute atomic E-state index is 0.0161. The molecule has 0 aromatic heterocycles. The minimum atomic E-state index is -0.943. The van der Waals surface area contributed by atoms with Crippen LogP contribution in [0.15, 0.2) is 60.2 Å². The molecule has 0 radical (unpaired) electrons. The fourth-order valence-electron chi connectivity index (χ4n) is 8.09. The fourth-order valence-corrected chi connectivity index (χ4v) is 8.79. The van der Waals surface area contributed by atoms with Gasteiger partial charge < -0.3 is 33.5 Å².